The highest BCUT2D eigenvalue weighted by molar-refractivity contribution is 7.89. The van der Waals surface area contributed by atoms with Crippen LogP contribution in [0.15, 0.2) is 11.1 Å². The number of aryl methyl sites for hydroxylation is 1. The summed E-state index contributed by atoms with van der Waals surface area (Å²) in [4.78, 5) is 0.0508. The zero-order valence-electron chi connectivity index (χ0n) is 10.3. The summed E-state index contributed by atoms with van der Waals surface area (Å²) in [5.74, 6) is 0.0205. The van der Waals surface area contributed by atoms with Gasteiger partial charge in [-0.05, 0) is 19.3 Å². The Morgan fingerprint density at radius 1 is 1.61 bits per heavy atom. The molecule has 1 aliphatic heterocycles. The molecule has 1 aromatic heterocycles. The van der Waals surface area contributed by atoms with E-state index in [2.05, 4.69) is 5.10 Å². The molecule has 0 radical (unpaired) electrons. The van der Waals surface area contributed by atoms with Gasteiger partial charge in [-0.15, -0.1) is 0 Å². The first kappa shape index (κ1) is 13.3. The molecule has 3 N–H and O–H groups in total. The van der Waals surface area contributed by atoms with Gasteiger partial charge >= 0.3 is 0 Å². The summed E-state index contributed by atoms with van der Waals surface area (Å²) in [5, 5.41) is 12.8. The Labute approximate surface area is 106 Å². The maximum absolute atomic E-state index is 12.5. The molecule has 0 bridgehead atoms. The van der Waals surface area contributed by atoms with Crippen molar-refractivity contribution in [3.8, 4) is 0 Å². The smallest absolute Gasteiger partial charge is 0.248 e. The maximum Gasteiger partial charge on any atom is 0.248 e. The van der Waals surface area contributed by atoms with Crippen molar-refractivity contribution >= 4 is 15.8 Å². The minimum atomic E-state index is -3.61. The van der Waals surface area contributed by atoms with E-state index in [9.17, 15) is 8.42 Å². The van der Waals surface area contributed by atoms with Crippen LogP contribution in [0.3, 0.4) is 0 Å². The minimum absolute atomic E-state index is 0.0147. The summed E-state index contributed by atoms with van der Waals surface area (Å²) in [5.41, 5.74) is 5.63. The number of aliphatic hydroxyl groups excluding tert-OH is 1. The van der Waals surface area contributed by atoms with Gasteiger partial charge in [0.05, 0.1) is 0 Å². The first-order chi connectivity index (χ1) is 8.46. The van der Waals surface area contributed by atoms with Crippen LogP contribution < -0.4 is 5.73 Å². The molecule has 0 aliphatic carbocycles. The predicted octanol–water partition coefficient (Wildman–Crippen LogP) is -0.462. The first-order valence-electron chi connectivity index (χ1n) is 5.88. The summed E-state index contributed by atoms with van der Waals surface area (Å²) >= 11 is 0. The van der Waals surface area contributed by atoms with E-state index in [1.807, 2.05) is 0 Å². The van der Waals surface area contributed by atoms with E-state index in [4.69, 9.17) is 10.8 Å². The van der Waals surface area contributed by atoms with Gasteiger partial charge in [-0.2, -0.15) is 9.40 Å². The molecule has 8 heteroatoms. The number of aromatic nitrogens is 2. The van der Waals surface area contributed by atoms with E-state index >= 15 is 0 Å². The Morgan fingerprint density at radius 3 is 2.89 bits per heavy atom. The Morgan fingerprint density at radius 2 is 2.33 bits per heavy atom. The molecule has 18 heavy (non-hydrogen) atoms. The number of anilines is 1. The molecular weight excluding hydrogens is 256 g/mol. The molecule has 0 amide bonds. The van der Waals surface area contributed by atoms with Crippen LogP contribution in [0.4, 0.5) is 5.82 Å². The van der Waals surface area contributed by atoms with Crippen LogP contribution in [-0.4, -0.2) is 46.8 Å². The van der Waals surface area contributed by atoms with Crippen molar-refractivity contribution in [1.29, 1.82) is 0 Å². The maximum atomic E-state index is 12.5. The van der Waals surface area contributed by atoms with E-state index in [0.29, 0.717) is 13.0 Å². The van der Waals surface area contributed by atoms with Crippen LogP contribution in [0, 0.1) is 0 Å². The third-order valence-corrected chi connectivity index (χ3v) is 5.16. The highest BCUT2D eigenvalue weighted by Crippen LogP contribution is 2.29. The average molecular weight is 274 g/mol. The number of nitrogens with zero attached hydrogens (tertiary/aromatic N) is 3. The van der Waals surface area contributed by atoms with E-state index in [1.165, 1.54) is 15.2 Å². The summed E-state index contributed by atoms with van der Waals surface area (Å²) < 4.78 is 27.7. The van der Waals surface area contributed by atoms with Crippen LogP contribution >= 0.6 is 0 Å². The lowest BCUT2D eigenvalue weighted by atomic mass is 10.2. The van der Waals surface area contributed by atoms with Gasteiger partial charge in [-0.1, -0.05) is 0 Å². The van der Waals surface area contributed by atoms with Crippen molar-refractivity contribution in [3.05, 3.63) is 6.20 Å². The van der Waals surface area contributed by atoms with Crippen molar-refractivity contribution < 1.29 is 13.5 Å². The monoisotopic (exact) mass is 274 g/mol. The van der Waals surface area contributed by atoms with Crippen LogP contribution in [0.1, 0.15) is 19.3 Å². The molecule has 1 aliphatic rings. The number of rotatable bonds is 4. The van der Waals surface area contributed by atoms with Gasteiger partial charge in [0, 0.05) is 32.4 Å². The van der Waals surface area contributed by atoms with Crippen molar-refractivity contribution in [2.45, 2.75) is 30.2 Å². The summed E-state index contributed by atoms with van der Waals surface area (Å²) in [6, 6.07) is -0.139. The molecule has 0 spiro atoms. The standard InChI is InChI=1S/C10H18N4O3S/c1-13-7-9(10(11)12-13)18(16,17)14-5-2-3-8(14)4-6-15/h7-8,15H,2-6H2,1H3,(H2,11,12). The molecule has 2 rings (SSSR count). The van der Waals surface area contributed by atoms with Crippen LogP contribution in [0.25, 0.3) is 0 Å². The number of nitrogens with two attached hydrogens (primary N) is 1. The molecule has 7 nitrogen and oxygen atoms in total. The number of hydrogen-bond donors (Lipinski definition) is 2. The summed E-state index contributed by atoms with van der Waals surface area (Å²) in [7, 11) is -1.98. The fourth-order valence-corrected chi connectivity index (χ4v) is 4.19. The third-order valence-electron chi connectivity index (χ3n) is 3.19. The van der Waals surface area contributed by atoms with Crippen molar-refractivity contribution in [2.75, 3.05) is 18.9 Å². The van der Waals surface area contributed by atoms with E-state index in [-0.39, 0.29) is 23.4 Å². The fraction of sp³-hybridized carbons (Fsp3) is 0.700. The van der Waals surface area contributed by atoms with Gasteiger partial charge in [-0.25, -0.2) is 8.42 Å². The second-order valence-electron chi connectivity index (χ2n) is 4.48. The summed E-state index contributed by atoms with van der Waals surface area (Å²) in [6.07, 6.45) is 3.46. The largest absolute Gasteiger partial charge is 0.396 e. The topological polar surface area (TPSA) is 101 Å². The molecule has 1 fully saturated rings. The highest BCUT2D eigenvalue weighted by Gasteiger charge is 2.36. The Bertz CT molecular complexity index is 525. The average Bonchev–Trinajstić information content (AvgIpc) is 2.86. The minimum Gasteiger partial charge on any atom is -0.396 e. The number of hydrogen-bond acceptors (Lipinski definition) is 5. The van der Waals surface area contributed by atoms with Crippen molar-refractivity contribution in [3.63, 3.8) is 0 Å². The lowest BCUT2D eigenvalue weighted by Gasteiger charge is -2.22. The number of aliphatic hydroxyl groups is 1. The second-order valence-corrected chi connectivity index (χ2v) is 6.34. The zero-order valence-corrected chi connectivity index (χ0v) is 11.1. The van der Waals surface area contributed by atoms with E-state index < -0.39 is 10.0 Å². The molecule has 2 heterocycles. The Kier molecular flexibility index (Phi) is 3.60. The second kappa shape index (κ2) is 4.87. The van der Waals surface area contributed by atoms with Gasteiger partial charge in [0.1, 0.15) is 4.90 Å². The van der Waals surface area contributed by atoms with Gasteiger partial charge < -0.3 is 10.8 Å². The summed E-state index contributed by atoms with van der Waals surface area (Å²) in [6.45, 7) is 0.459. The van der Waals surface area contributed by atoms with Gasteiger partial charge in [0.25, 0.3) is 0 Å². The quantitative estimate of drug-likeness (QED) is 0.773. The SMILES string of the molecule is Cn1cc(S(=O)(=O)N2CCCC2CCO)c(N)n1. The van der Waals surface area contributed by atoms with Gasteiger partial charge in [-0.3, -0.25) is 4.68 Å². The van der Waals surface area contributed by atoms with Crippen LogP contribution in [0.2, 0.25) is 0 Å². The molecule has 1 atom stereocenters. The molecule has 0 saturated carbocycles. The number of nitrogen functional groups attached to an aromatic ring is 1. The zero-order chi connectivity index (χ0) is 13.3. The number of sulfonamides is 1. The molecule has 1 unspecified atom stereocenters. The van der Waals surface area contributed by atoms with Crippen LogP contribution in [-0.2, 0) is 17.1 Å². The molecular formula is C10H18N4O3S. The Balaban J connectivity index is 2.33. The van der Waals surface area contributed by atoms with E-state index in [1.54, 1.807) is 7.05 Å². The Hall–Kier alpha value is -1.12. The molecule has 1 aromatic rings. The fourth-order valence-electron chi connectivity index (χ4n) is 2.37. The molecule has 0 aromatic carbocycles. The predicted molar refractivity (Wildman–Crippen MR) is 66.2 cm³/mol. The van der Waals surface area contributed by atoms with Crippen molar-refractivity contribution in [1.82, 2.24) is 14.1 Å². The normalized spacial score (nSPS) is 21.6. The molecule has 1 saturated heterocycles. The molecule has 102 valence electrons. The first-order valence-corrected chi connectivity index (χ1v) is 7.32. The van der Waals surface area contributed by atoms with Crippen molar-refractivity contribution in [2.24, 2.45) is 7.05 Å². The van der Waals surface area contributed by atoms with Gasteiger partial charge in [0.2, 0.25) is 10.0 Å². The lowest BCUT2D eigenvalue weighted by Crippen LogP contribution is -2.36. The van der Waals surface area contributed by atoms with Crippen LogP contribution in [0.5, 0.6) is 0 Å². The third kappa shape index (κ3) is 2.23. The van der Waals surface area contributed by atoms with Gasteiger partial charge in [0.15, 0.2) is 5.82 Å². The highest BCUT2D eigenvalue weighted by atomic mass is 32.2. The van der Waals surface area contributed by atoms with E-state index in [0.717, 1.165) is 12.8 Å². The lowest BCUT2D eigenvalue weighted by molar-refractivity contribution is 0.246.